The molecule has 0 saturated carbocycles. The molecule has 31 heavy (non-hydrogen) atoms. The Balaban J connectivity index is 1.90. The molecule has 0 saturated heterocycles. The van der Waals surface area contributed by atoms with Gasteiger partial charge in [0.15, 0.2) is 0 Å². The van der Waals surface area contributed by atoms with Crippen LogP contribution in [0, 0.1) is 20.2 Å². The third-order valence-electron chi connectivity index (χ3n) is 4.27. The van der Waals surface area contributed by atoms with E-state index in [1.165, 1.54) is 54.6 Å². The first-order valence-electron chi connectivity index (χ1n) is 8.70. The van der Waals surface area contributed by atoms with Gasteiger partial charge in [-0.15, -0.1) is 0 Å². The van der Waals surface area contributed by atoms with Gasteiger partial charge in [-0.2, -0.15) is 0 Å². The zero-order chi connectivity index (χ0) is 22.6. The maximum Gasteiger partial charge on any atom is 0.339 e. The first-order chi connectivity index (χ1) is 14.7. The van der Waals surface area contributed by atoms with Gasteiger partial charge in [-0.1, -0.05) is 24.3 Å². The molecule has 0 bridgehead atoms. The molecule has 0 heterocycles. The topological polar surface area (TPSA) is 147 Å². The van der Waals surface area contributed by atoms with E-state index in [4.69, 9.17) is 4.74 Å². The van der Waals surface area contributed by atoms with Gasteiger partial charge in [0.25, 0.3) is 11.4 Å². The molecule has 0 atom stereocenters. The number of non-ortho nitro benzene ring substituents is 1. The predicted octanol–water partition coefficient (Wildman–Crippen LogP) is 3.69. The van der Waals surface area contributed by atoms with Crippen LogP contribution in [0.5, 0.6) is 0 Å². The smallest absolute Gasteiger partial charge is 0.339 e. The first-order valence-corrected chi connectivity index (χ1v) is 10.2. The zero-order valence-corrected chi connectivity index (χ0v) is 16.5. The lowest BCUT2D eigenvalue weighted by Gasteiger charge is -2.11. The molecule has 10 nitrogen and oxygen atoms in total. The van der Waals surface area contributed by atoms with Crippen molar-refractivity contribution >= 4 is 27.2 Å². The van der Waals surface area contributed by atoms with Gasteiger partial charge < -0.3 is 4.74 Å². The molecule has 0 N–H and O–H groups in total. The molecule has 3 rings (SSSR count). The number of hydrogen-bond acceptors (Lipinski definition) is 8. The largest absolute Gasteiger partial charge is 0.457 e. The number of hydrogen-bond donors (Lipinski definition) is 0. The molecule has 0 aromatic heterocycles. The van der Waals surface area contributed by atoms with Crippen molar-refractivity contribution in [3.05, 3.63) is 104 Å². The van der Waals surface area contributed by atoms with Gasteiger partial charge in [0.05, 0.1) is 20.3 Å². The van der Waals surface area contributed by atoms with Gasteiger partial charge in [-0.25, -0.2) is 13.2 Å². The predicted molar refractivity (Wildman–Crippen MR) is 107 cm³/mol. The second kappa shape index (κ2) is 8.71. The Morgan fingerprint density at radius 2 is 1.39 bits per heavy atom. The molecule has 0 amide bonds. The van der Waals surface area contributed by atoms with Crippen LogP contribution in [0.2, 0.25) is 0 Å². The van der Waals surface area contributed by atoms with Gasteiger partial charge >= 0.3 is 5.97 Å². The minimum absolute atomic E-state index is 0.129. The van der Waals surface area contributed by atoms with Crippen molar-refractivity contribution in [2.75, 3.05) is 0 Å². The quantitative estimate of drug-likeness (QED) is 0.306. The molecule has 3 aromatic carbocycles. The van der Waals surface area contributed by atoms with Crippen molar-refractivity contribution in [3.8, 4) is 0 Å². The number of esters is 1. The lowest BCUT2D eigenvalue weighted by Crippen LogP contribution is -2.13. The Kier molecular flexibility index (Phi) is 6.07. The van der Waals surface area contributed by atoms with Crippen molar-refractivity contribution in [1.29, 1.82) is 0 Å². The zero-order valence-electron chi connectivity index (χ0n) is 15.7. The Labute approximate surface area is 175 Å². The van der Waals surface area contributed by atoms with Crippen LogP contribution in [0.15, 0.2) is 82.6 Å². The van der Waals surface area contributed by atoms with Gasteiger partial charge in [0.2, 0.25) is 9.84 Å². The minimum Gasteiger partial charge on any atom is -0.457 e. The maximum atomic E-state index is 13.1. The van der Waals surface area contributed by atoms with E-state index < -0.39 is 41.1 Å². The first kappa shape index (κ1) is 21.6. The van der Waals surface area contributed by atoms with Crippen LogP contribution < -0.4 is 0 Å². The summed E-state index contributed by atoms with van der Waals surface area (Å²) in [5.41, 5.74) is -0.576. The Morgan fingerprint density at radius 3 is 2.00 bits per heavy atom. The fourth-order valence-electron chi connectivity index (χ4n) is 2.76. The van der Waals surface area contributed by atoms with Crippen molar-refractivity contribution in [1.82, 2.24) is 0 Å². The highest BCUT2D eigenvalue weighted by Gasteiger charge is 2.31. The fourth-order valence-corrected chi connectivity index (χ4v) is 4.37. The summed E-state index contributed by atoms with van der Waals surface area (Å²) in [4.78, 5) is 32.2. The van der Waals surface area contributed by atoms with E-state index >= 15 is 0 Å². The van der Waals surface area contributed by atoms with Gasteiger partial charge in [0.1, 0.15) is 11.5 Å². The summed E-state index contributed by atoms with van der Waals surface area (Å²) in [6.45, 7) is -0.253. The van der Waals surface area contributed by atoms with Crippen LogP contribution in [0.1, 0.15) is 15.9 Å². The summed E-state index contributed by atoms with van der Waals surface area (Å²) >= 11 is 0. The van der Waals surface area contributed by atoms with Crippen molar-refractivity contribution in [2.45, 2.75) is 16.4 Å². The molecular formula is C20H14N2O8S. The molecule has 0 unspecified atom stereocenters. The molecule has 0 aliphatic rings. The molecule has 0 spiro atoms. The van der Waals surface area contributed by atoms with E-state index in [1.54, 1.807) is 0 Å². The molecule has 3 aromatic rings. The van der Waals surface area contributed by atoms with Crippen LogP contribution in [0.3, 0.4) is 0 Å². The lowest BCUT2D eigenvalue weighted by molar-refractivity contribution is -0.387. The van der Waals surface area contributed by atoms with E-state index in [0.29, 0.717) is 5.56 Å². The van der Waals surface area contributed by atoms with Crippen molar-refractivity contribution in [3.63, 3.8) is 0 Å². The number of carbonyl (C=O) groups excluding carboxylic acids is 1. The average molecular weight is 442 g/mol. The highest BCUT2D eigenvalue weighted by Crippen LogP contribution is 2.31. The number of benzene rings is 3. The summed E-state index contributed by atoms with van der Waals surface area (Å²) < 4.78 is 31.3. The van der Waals surface area contributed by atoms with Gasteiger partial charge in [-0.3, -0.25) is 20.2 Å². The van der Waals surface area contributed by atoms with Crippen molar-refractivity contribution in [2.24, 2.45) is 0 Å². The maximum absolute atomic E-state index is 13.1. The summed E-state index contributed by atoms with van der Waals surface area (Å²) in [6.07, 6.45) is 0. The third kappa shape index (κ3) is 4.56. The molecule has 0 fully saturated rings. The summed E-state index contributed by atoms with van der Waals surface area (Å²) in [6, 6.07) is 15.3. The summed E-state index contributed by atoms with van der Waals surface area (Å²) in [5, 5.41) is 22.0. The number of nitro groups is 2. The number of ether oxygens (including phenoxy) is 1. The monoisotopic (exact) mass is 442 g/mol. The van der Waals surface area contributed by atoms with E-state index in [0.717, 1.165) is 18.2 Å². The van der Waals surface area contributed by atoms with Gasteiger partial charge in [-0.05, 0) is 35.9 Å². The standard InChI is InChI=1S/C20H14N2O8S/c23-20(30-13-14-9-11-15(12-10-14)21(24)25)16-5-1-3-7-18(16)31(28,29)19-8-4-2-6-17(19)22(26)27/h1-12H,13H2. The molecule has 11 heteroatoms. The van der Waals surface area contributed by atoms with Gasteiger partial charge in [0, 0.05) is 18.2 Å². The van der Waals surface area contributed by atoms with Crippen LogP contribution in [0.4, 0.5) is 11.4 Å². The van der Waals surface area contributed by atoms with Crippen molar-refractivity contribution < 1.29 is 27.8 Å². The Bertz CT molecular complexity index is 1270. The van der Waals surface area contributed by atoms with E-state index in [2.05, 4.69) is 0 Å². The highest BCUT2D eigenvalue weighted by atomic mass is 32.2. The fraction of sp³-hybridized carbons (Fsp3) is 0.0500. The number of carbonyl (C=O) groups is 1. The second-order valence-corrected chi connectivity index (χ2v) is 8.11. The van der Waals surface area contributed by atoms with Crippen LogP contribution in [-0.4, -0.2) is 24.2 Å². The van der Waals surface area contributed by atoms with Crippen LogP contribution in [-0.2, 0) is 21.2 Å². The van der Waals surface area contributed by atoms with Crippen LogP contribution >= 0.6 is 0 Å². The van der Waals surface area contributed by atoms with E-state index in [1.807, 2.05) is 0 Å². The van der Waals surface area contributed by atoms with E-state index in [9.17, 15) is 33.4 Å². The molecule has 158 valence electrons. The SMILES string of the molecule is O=C(OCc1ccc([N+](=O)[O-])cc1)c1ccccc1S(=O)(=O)c1ccccc1[N+](=O)[O-]. The normalized spacial score (nSPS) is 11.0. The number of sulfone groups is 1. The number of nitrogens with zero attached hydrogens (tertiary/aromatic N) is 2. The number of para-hydroxylation sites is 1. The number of nitro benzene ring substituents is 2. The molecule has 0 aliphatic carbocycles. The summed E-state index contributed by atoms with van der Waals surface area (Å²) in [5.74, 6) is -0.962. The second-order valence-electron chi connectivity index (χ2n) is 6.22. The molecule has 0 aliphatic heterocycles. The molecule has 0 radical (unpaired) electrons. The van der Waals surface area contributed by atoms with Crippen LogP contribution in [0.25, 0.3) is 0 Å². The average Bonchev–Trinajstić information content (AvgIpc) is 2.77. The number of rotatable bonds is 7. The molecular weight excluding hydrogens is 428 g/mol. The summed E-state index contributed by atoms with van der Waals surface area (Å²) in [7, 11) is -4.41. The van der Waals surface area contributed by atoms with E-state index in [-0.39, 0.29) is 17.9 Å². The Hall–Kier alpha value is -4.12. The third-order valence-corrected chi connectivity index (χ3v) is 6.12. The highest BCUT2D eigenvalue weighted by molar-refractivity contribution is 7.91. The Morgan fingerprint density at radius 1 is 0.806 bits per heavy atom. The minimum atomic E-state index is -4.41. The lowest BCUT2D eigenvalue weighted by atomic mass is 10.2.